The second-order valence-electron chi connectivity index (χ2n) is 3.72. The lowest BCUT2D eigenvalue weighted by Gasteiger charge is -2.02. The van der Waals surface area contributed by atoms with Crippen LogP contribution in [0.3, 0.4) is 0 Å². The van der Waals surface area contributed by atoms with Crippen LogP contribution in [0, 0.1) is 0 Å². The molecule has 0 bridgehead atoms. The lowest BCUT2D eigenvalue weighted by molar-refractivity contribution is 0.0703. The van der Waals surface area contributed by atoms with Gasteiger partial charge < -0.3 is 15.2 Å². The summed E-state index contributed by atoms with van der Waals surface area (Å²) >= 11 is 0.882. The molecule has 1 amide bonds. The van der Waals surface area contributed by atoms with Crippen LogP contribution in [0.4, 0.5) is 5.82 Å². The summed E-state index contributed by atoms with van der Waals surface area (Å²) < 4.78 is 5.16. The Bertz CT molecular complexity index is 625. The molecule has 7 heteroatoms. The van der Waals surface area contributed by atoms with Gasteiger partial charge >= 0.3 is 5.97 Å². The van der Waals surface area contributed by atoms with Gasteiger partial charge in [-0.15, -0.1) is 0 Å². The Kier molecular flexibility index (Phi) is 4.31. The smallest absolute Gasteiger partial charge is 0.349 e. The van der Waals surface area contributed by atoms with Crippen LogP contribution in [0.15, 0.2) is 30.3 Å². The van der Waals surface area contributed by atoms with Crippen molar-refractivity contribution in [1.29, 1.82) is 0 Å². The minimum Gasteiger partial charge on any atom is -0.477 e. The minimum atomic E-state index is -1.16. The summed E-state index contributed by atoms with van der Waals surface area (Å²) in [6.45, 7) is 2.14. The van der Waals surface area contributed by atoms with Crippen LogP contribution >= 0.6 is 11.3 Å². The summed E-state index contributed by atoms with van der Waals surface area (Å²) in [6.07, 6.45) is 0. The van der Waals surface area contributed by atoms with E-state index in [4.69, 9.17) is 9.84 Å². The number of aromatic nitrogens is 1. The van der Waals surface area contributed by atoms with E-state index in [1.807, 2.05) is 0 Å². The molecule has 0 atom stereocenters. The molecule has 0 spiro atoms. The molecule has 0 saturated heterocycles. The number of carbonyl (C=O) groups excluding carboxylic acids is 1. The van der Waals surface area contributed by atoms with Gasteiger partial charge in [0.1, 0.15) is 0 Å². The molecule has 0 aliphatic carbocycles. The number of amides is 1. The van der Waals surface area contributed by atoms with E-state index in [0.29, 0.717) is 12.2 Å². The van der Waals surface area contributed by atoms with Crippen molar-refractivity contribution in [2.24, 2.45) is 0 Å². The van der Waals surface area contributed by atoms with Gasteiger partial charge in [-0.3, -0.25) is 4.79 Å². The third-order valence-corrected chi connectivity index (χ3v) is 3.29. The molecule has 0 aliphatic heterocycles. The summed E-state index contributed by atoms with van der Waals surface area (Å²) in [6, 6.07) is 8.49. The van der Waals surface area contributed by atoms with Crippen LogP contribution in [0.25, 0.3) is 0 Å². The van der Waals surface area contributed by atoms with Gasteiger partial charge in [0.05, 0.1) is 6.61 Å². The van der Waals surface area contributed by atoms with Crippen LogP contribution < -0.4 is 10.1 Å². The summed E-state index contributed by atoms with van der Waals surface area (Å²) in [5.41, 5.74) is 0.426. The molecule has 20 heavy (non-hydrogen) atoms. The van der Waals surface area contributed by atoms with Crippen LogP contribution in [0.5, 0.6) is 5.19 Å². The Morgan fingerprint density at radius 3 is 2.65 bits per heavy atom. The Hall–Kier alpha value is -2.41. The maximum Gasteiger partial charge on any atom is 0.349 e. The number of nitrogens with zero attached hydrogens (tertiary/aromatic N) is 1. The fourth-order valence-electron chi connectivity index (χ4n) is 1.48. The van der Waals surface area contributed by atoms with Crippen LogP contribution in [-0.4, -0.2) is 28.6 Å². The molecule has 0 aliphatic rings. The van der Waals surface area contributed by atoms with Crippen molar-refractivity contribution in [3.05, 3.63) is 40.8 Å². The first kappa shape index (κ1) is 14.0. The highest BCUT2D eigenvalue weighted by Crippen LogP contribution is 2.29. The molecule has 1 heterocycles. The number of benzene rings is 1. The predicted octanol–water partition coefficient (Wildman–Crippen LogP) is 2.49. The average molecular weight is 292 g/mol. The Morgan fingerprint density at radius 2 is 2.05 bits per heavy atom. The number of aromatic carboxylic acids is 1. The van der Waals surface area contributed by atoms with E-state index in [9.17, 15) is 9.59 Å². The van der Waals surface area contributed by atoms with Crippen molar-refractivity contribution in [2.75, 3.05) is 11.9 Å². The number of ether oxygens (including phenoxy) is 1. The van der Waals surface area contributed by atoms with Crippen molar-refractivity contribution < 1.29 is 19.4 Å². The van der Waals surface area contributed by atoms with Gasteiger partial charge in [0, 0.05) is 5.56 Å². The first-order valence-corrected chi connectivity index (χ1v) is 6.66. The fraction of sp³-hybridized carbons (Fsp3) is 0.154. The number of carboxylic acid groups (broad SMARTS) is 1. The number of rotatable bonds is 5. The fourth-order valence-corrected chi connectivity index (χ4v) is 2.25. The number of carbonyl (C=O) groups is 2. The lowest BCUT2D eigenvalue weighted by Crippen LogP contribution is -2.14. The first-order chi connectivity index (χ1) is 9.61. The largest absolute Gasteiger partial charge is 0.477 e. The van der Waals surface area contributed by atoms with E-state index in [0.717, 1.165) is 11.3 Å². The summed E-state index contributed by atoms with van der Waals surface area (Å²) in [5, 5.41) is 11.8. The number of nitrogens with one attached hydrogen (secondary N) is 1. The molecule has 0 fully saturated rings. The Labute approximate surface area is 119 Å². The van der Waals surface area contributed by atoms with Crippen molar-refractivity contribution in [3.8, 4) is 5.19 Å². The van der Waals surface area contributed by atoms with E-state index in [2.05, 4.69) is 10.3 Å². The molecule has 0 unspecified atom stereocenters. The Balaban J connectivity index is 2.24. The second kappa shape index (κ2) is 6.16. The summed E-state index contributed by atoms with van der Waals surface area (Å²) in [4.78, 5) is 27.0. The second-order valence-corrected chi connectivity index (χ2v) is 4.68. The van der Waals surface area contributed by atoms with E-state index in [1.165, 1.54) is 0 Å². The zero-order valence-electron chi connectivity index (χ0n) is 10.6. The molecule has 2 N–H and O–H groups in total. The highest BCUT2D eigenvalue weighted by atomic mass is 32.1. The molecule has 0 radical (unpaired) electrons. The summed E-state index contributed by atoms with van der Waals surface area (Å²) in [7, 11) is 0. The summed E-state index contributed by atoms with van der Waals surface area (Å²) in [5.74, 6) is -1.57. The topological polar surface area (TPSA) is 88.5 Å². The zero-order chi connectivity index (χ0) is 14.5. The van der Waals surface area contributed by atoms with Gasteiger partial charge in [-0.1, -0.05) is 29.5 Å². The third-order valence-electron chi connectivity index (χ3n) is 2.34. The standard InChI is InChI=1S/C13H12N2O4S/c1-2-19-13-15-10(9(20-13)12(17)18)14-11(16)8-6-4-3-5-7-8/h3-7H,2H2,1H3,(H,14,16)(H,17,18). The number of hydrogen-bond acceptors (Lipinski definition) is 5. The van der Waals surface area contributed by atoms with E-state index in [1.54, 1.807) is 37.3 Å². The van der Waals surface area contributed by atoms with Crippen molar-refractivity contribution in [1.82, 2.24) is 4.98 Å². The van der Waals surface area contributed by atoms with Crippen molar-refractivity contribution in [3.63, 3.8) is 0 Å². The van der Waals surface area contributed by atoms with Crippen molar-refractivity contribution in [2.45, 2.75) is 6.92 Å². The number of anilines is 1. The number of hydrogen-bond donors (Lipinski definition) is 2. The molecular weight excluding hydrogens is 280 g/mol. The van der Waals surface area contributed by atoms with Crippen LogP contribution in [0.2, 0.25) is 0 Å². The van der Waals surface area contributed by atoms with E-state index >= 15 is 0 Å². The van der Waals surface area contributed by atoms with Gasteiger partial charge in [-0.25, -0.2) is 4.79 Å². The van der Waals surface area contributed by atoms with Crippen LogP contribution in [-0.2, 0) is 0 Å². The van der Waals surface area contributed by atoms with Gasteiger partial charge in [0.25, 0.3) is 11.1 Å². The Morgan fingerprint density at radius 1 is 1.35 bits per heavy atom. The molecule has 2 aromatic rings. The maximum atomic E-state index is 12.0. The van der Waals surface area contributed by atoms with E-state index in [-0.39, 0.29) is 15.9 Å². The van der Waals surface area contributed by atoms with Gasteiger partial charge in [-0.2, -0.15) is 4.98 Å². The lowest BCUT2D eigenvalue weighted by atomic mass is 10.2. The minimum absolute atomic E-state index is 0.000182. The van der Waals surface area contributed by atoms with Crippen LogP contribution in [0.1, 0.15) is 27.0 Å². The number of thiazole rings is 1. The third kappa shape index (κ3) is 3.12. The monoisotopic (exact) mass is 292 g/mol. The first-order valence-electron chi connectivity index (χ1n) is 5.85. The molecule has 1 aromatic heterocycles. The highest BCUT2D eigenvalue weighted by Gasteiger charge is 2.20. The van der Waals surface area contributed by atoms with Crippen molar-refractivity contribution >= 4 is 29.0 Å². The highest BCUT2D eigenvalue weighted by molar-refractivity contribution is 7.15. The normalized spacial score (nSPS) is 10.1. The molecule has 2 rings (SSSR count). The van der Waals surface area contributed by atoms with Gasteiger partial charge in [0.15, 0.2) is 10.7 Å². The van der Waals surface area contributed by atoms with E-state index < -0.39 is 11.9 Å². The number of carboxylic acids is 1. The molecule has 1 aromatic carbocycles. The SMILES string of the molecule is CCOc1nc(NC(=O)c2ccccc2)c(C(=O)O)s1. The molecule has 0 saturated carbocycles. The van der Waals surface area contributed by atoms with Gasteiger partial charge in [-0.05, 0) is 19.1 Å². The quantitative estimate of drug-likeness (QED) is 0.883. The zero-order valence-corrected chi connectivity index (χ0v) is 11.4. The van der Waals surface area contributed by atoms with Gasteiger partial charge in [0.2, 0.25) is 0 Å². The maximum absolute atomic E-state index is 12.0. The average Bonchev–Trinajstić information content (AvgIpc) is 2.83. The predicted molar refractivity (Wildman–Crippen MR) is 74.6 cm³/mol. The molecular formula is C13H12N2O4S. The molecule has 104 valence electrons. The molecule has 6 nitrogen and oxygen atoms in total.